The molecule has 2 aromatic heterocycles. The molecule has 96 valence electrons. The minimum Gasteiger partial charge on any atom is -0.347 e. The third-order valence-electron chi connectivity index (χ3n) is 2.52. The molecule has 2 heterocycles. The van der Waals surface area contributed by atoms with E-state index in [0.29, 0.717) is 0 Å². The molecule has 0 aliphatic rings. The number of hydrogen-bond acceptors (Lipinski definition) is 4. The first-order valence-electron chi connectivity index (χ1n) is 5.95. The van der Waals surface area contributed by atoms with Crippen LogP contribution in [0.3, 0.4) is 0 Å². The first kappa shape index (κ1) is 12.5. The van der Waals surface area contributed by atoms with Gasteiger partial charge in [0.25, 0.3) is 0 Å². The van der Waals surface area contributed by atoms with Crippen molar-refractivity contribution in [2.24, 2.45) is 0 Å². The van der Waals surface area contributed by atoms with Gasteiger partial charge in [0.2, 0.25) is 0 Å². The summed E-state index contributed by atoms with van der Waals surface area (Å²) in [6, 6.07) is -0.0412. The van der Waals surface area contributed by atoms with E-state index in [0.717, 1.165) is 31.3 Å². The van der Waals surface area contributed by atoms with Crippen LogP contribution in [0.4, 0.5) is 0 Å². The number of imidazole rings is 2. The SMILES string of the molecule is C=CCNCCNC(c1ncc[nH]1)c1ncc[nH]1. The summed E-state index contributed by atoms with van der Waals surface area (Å²) < 4.78 is 0. The molecule has 0 bridgehead atoms. The third kappa shape index (κ3) is 3.28. The molecule has 2 rings (SSSR count). The van der Waals surface area contributed by atoms with Gasteiger partial charge in [-0.3, -0.25) is 5.32 Å². The Hall–Kier alpha value is -1.92. The Kier molecular flexibility index (Phi) is 4.68. The smallest absolute Gasteiger partial charge is 0.131 e. The zero-order valence-electron chi connectivity index (χ0n) is 10.2. The second-order valence-electron chi connectivity index (χ2n) is 3.83. The van der Waals surface area contributed by atoms with Crippen molar-refractivity contribution in [2.45, 2.75) is 6.04 Å². The third-order valence-corrected chi connectivity index (χ3v) is 2.52. The van der Waals surface area contributed by atoms with Crippen molar-refractivity contribution >= 4 is 0 Å². The van der Waals surface area contributed by atoms with E-state index in [1.165, 1.54) is 0 Å². The molecular weight excluding hydrogens is 228 g/mol. The summed E-state index contributed by atoms with van der Waals surface area (Å²) in [5, 5.41) is 6.64. The minimum atomic E-state index is -0.0412. The summed E-state index contributed by atoms with van der Waals surface area (Å²) in [5.41, 5.74) is 0. The van der Waals surface area contributed by atoms with E-state index < -0.39 is 0 Å². The largest absolute Gasteiger partial charge is 0.347 e. The van der Waals surface area contributed by atoms with Gasteiger partial charge in [0.1, 0.15) is 17.7 Å². The van der Waals surface area contributed by atoms with Gasteiger partial charge in [-0.1, -0.05) is 6.08 Å². The van der Waals surface area contributed by atoms with Crippen molar-refractivity contribution in [1.82, 2.24) is 30.6 Å². The highest BCUT2D eigenvalue weighted by atomic mass is 15.1. The van der Waals surface area contributed by atoms with Crippen LogP contribution in [-0.4, -0.2) is 39.6 Å². The summed E-state index contributed by atoms with van der Waals surface area (Å²) in [6.07, 6.45) is 8.94. The zero-order chi connectivity index (χ0) is 12.6. The molecule has 0 aliphatic carbocycles. The van der Waals surface area contributed by atoms with Gasteiger partial charge in [0.05, 0.1) is 0 Å². The molecule has 0 saturated carbocycles. The highest BCUT2D eigenvalue weighted by molar-refractivity contribution is 5.09. The fraction of sp³-hybridized carbons (Fsp3) is 0.333. The molecule has 0 aromatic carbocycles. The Morgan fingerprint density at radius 2 is 1.83 bits per heavy atom. The molecule has 0 amide bonds. The minimum absolute atomic E-state index is 0.0412. The lowest BCUT2D eigenvalue weighted by Crippen LogP contribution is -2.32. The predicted molar refractivity (Wildman–Crippen MR) is 70.1 cm³/mol. The molecule has 6 nitrogen and oxygen atoms in total. The van der Waals surface area contributed by atoms with Crippen LogP contribution >= 0.6 is 0 Å². The summed E-state index contributed by atoms with van der Waals surface area (Å²) in [7, 11) is 0. The summed E-state index contributed by atoms with van der Waals surface area (Å²) in [4.78, 5) is 14.8. The molecule has 6 heteroatoms. The topological polar surface area (TPSA) is 81.4 Å². The molecule has 0 aliphatic heterocycles. The molecule has 0 atom stereocenters. The van der Waals surface area contributed by atoms with Crippen LogP contribution in [0.25, 0.3) is 0 Å². The van der Waals surface area contributed by atoms with E-state index >= 15 is 0 Å². The van der Waals surface area contributed by atoms with Gasteiger partial charge in [-0.05, 0) is 0 Å². The Morgan fingerprint density at radius 3 is 2.33 bits per heavy atom. The monoisotopic (exact) mass is 246 g/mol. The fourth-order valence-corrected chi connectivity index (χ4v) is 1.70. The molecule has 4 N–H and O–H groups in total. The number of rotatable bonds is 8. The lowest BCUT2D eigenvalue weighted by atomic mass is 10.2. The maximum atomic E-state index is 4.27. The van der Waals surface area contributed by atoms with E-state index in [4.69, 9.17) is 0 Å². The van der Waals surface area contributed by atoms with Gasteiger partial charge in [-0.15, -0.1) is 6.58 Å². The normalized spacial score (nSPS) is 10.9. The first-order chi connectivity index (χ1) is 8.92. The van der Waals surface area contributed by atoms with E-state index in [9.17, 15) is 0 Å². The van der Waals surface area contributed by atoms with Crippen LogP contribution in [0.15, 0.2) is 37.4 Å². The summed E-state index contributed by atoms with van der Waals surface area (Å²) in [6.45, 7) is 6.16. The van der Waals surface area contributed by atoms with Crippen LogP contribution in [0.2, 0.25) is 0 Å². The molecule has 0 spiro atoms. The Balaban J connectivity index is 1.92. The molecule has 0 saturated heterocycles. The quantitative estimate of drug-likeness (QED) is 0.406. The number of aromatic nitrogens is 4. The molecule has 0 radical (unpaired) electrons. The lowest BCUT2D eigenvalue weighted by Gasteiger charge is -2.14. The van der Waals surface area contributed by atoms with Crippen LogP contribution < -0.4 is 10.6 Å². The lowest BCUT2D eigenvalue weighted by molar-refractivity contribution is 0.544. The van der Waals surface area contributed by atoms with Gasteiger partial charge in [0.15, 0.2) is 0 Å². The van der Waals surface area contributed by atoms with Crippen molar-refractivity contribution in [3.63, 3.8) is 0 Å². The molecule has 0 unspecified atom stereocenters. The molecule has 2 aromatic rings. The second kappa shape index (κ2) is 6.73. The van der Waals surface area contributed by atoms with E-state index in [1.54, 1.807) is 12.4 Å². The van der Waals surface area contributed by atoms with Crippen LogP contribution in [0.5, 0.6) is 0 Å². The van der Waals surface area contributed by atoms with Gasteiger partial charge < -0.3 is 15.3 Å². The highest BCUT2D eigenvalue weighted by Crippen LogP contribution is 2.13. The predicted octanol–water partition coefficient (Wildman–Crippen LogP) is 0.587. The molecule has 0 fully saturated rings. The Morgan fingerprint density at radius 1 is 1.17 bits per heavy atom. The van der Waals surface area contributed by atoms with E-state index in [1.807, 2.05) is 18.5 Å². The molecular formula is C12H18N6. The van der Waals surface area contributed by atoms with Crippen molar-refractivity contribution in [2.75, 3.05) is 19.6 Å². The Labute approximate surface area is 106 Å². The van der Waals surface area contributed by atoms with Crippen molar-refractivity contribution in [3.05, 3.63) is 49.1 Å². The number of H-pyrrole nitrogens is 2. The second-order valence-corrected chi connectivity index (χ2v) is 3.83. The fourth-order valence-electron chi connectivity index (χ4n) is 1.70. The van der Waals surface area contributed by atoms with Gasteiger partial charge in [-0.25, -0.2) is 9.97 Å². The van der Waals surface area contributed by atoms with Gasteiger partial charge in [-0.2, -0.15) is 0 Å². The summed E-state index contributed by atoms with van der Waals surface area (Å²) >= 11 is 0. The van der Waals surface area contributed by atoms with Crippen molar-refractivity contribution in [1.29, 1.82) is 0 Å². The zero-order valence-corrected chi connectivity index (χ0v) is 10.2. The number of nitrogens with zero attached hydrogens (tertiary/aromatic N) is 2. The van der Waals surface area contributed by atoms with Crippen LogP contribution in [0.1, 0.15) is 17.7 Å². The number of hydrogen-bond donors (Lipinski definition) is 4. The first-order valence-corrected chi connectivity index (χ1v) is 5.95. The maximum Gasteiger partial charge on any atom is 0.131 e. The van der Waals surface area contributed by atoms with Crippen molar-refractivity contribution in [3.8, 4) is 0 Å². The van der Waals surface area contributed by atoms with Crippen LogP contribution in [-0.2, 0) is 0 Å². The van der Waals surface area contributed by atoms with E-state index in [2.05, 4.69) is 37.1 Å². The van der Waals surface area contributed by atoms with Crippen molar-refractivity contribution < 1.29 is 0 Å². The molecule has 18 heavy (non-hydrogen) atoms. The maximum absolute atomic E-state index is 4.27. The van der Waals surface area contributed by atoms with Gasteiger partial charge in [0, 0.05) is 44.4 Å². The van der Waals surface area contributed by atoms with Gasteiger partial charge >= 0.3 is 0 Å². The Bertz CT molecular complexity index is 399. The highest BCUT2D eigenvalue weighted by Gasteiger charge is 2.17. The number of aromatic amines is 2. The summed E-state index contributed by atoms with van der Waals surface area (Å²) in [5.74, 6) is 1.71. The standard InChI is InChI=1S/C12H18N6/c1-2-3-13-4-5-14-10(11-15-6-7-16-11)12-17-8-9-18-12/h2,6-10,13-14H,1,3-5H2,(H,15,16)(H,17,18). The average Bonchev–Trinajstić information content (AvgIpc) is 3.06. The van der Waals surface area contributed by atoms with Crippen LogP contribution in [0, 0.1) is 0 Å². The average molecular weight is 246 g/mol. The van der Waals surface area contributed by atoms with E-state index in [-0.39, 0.29) is 6.04 Å². The number of nitrogens with one attached hydrogen (secondary N) is 4.